The van der Waals surface area contributed by atoms with Crippen molar-refractivity contribution >= 4 is 22.8 Å². The van der Waals surface area contributed by atoms with Crippen LogP contribution in [0.5, 0.6) is 0 Å². The lowest BCUT2D eigenvalue weighted by atomic mass is 10.1. The number of thiophene rings is 1. The van der Waals surface area contributed by atoms with Gasteiger partial charge in [0.25, 0.3) is 5.91 Å². The Balaban J connectivity index is 1.45. The fourth-order valence-electron chi connectivity index (χ4n) is 3.95. The molecule has 1 saturated heterocycles. The predicted octanol–water partition coefficient (Wildman–Crippen LogP) is 2.93. The second-order valence-corrected chi connectivity index (χ2v) is 8.27. The fraction of sp³-hybridized carbons (Fsp3) is 0.286. The quantitative estimate of drug-likeness (QED) is 0.525. The van der Waals surface area contributed by atoms with Crippen molar-refractivity contribution in [2.75, 3.05) is 26.7 Å². The Morgan fingerprint density at radius 2 is 2.03 bits per heavy atom. The highest BCUT2D eigenvalue weighted by molar-refractivity contribution is 7.08. The van der Waals surface area contributed by atoms with Gasteiger partial charge in [-0.25, -0.2) is 4.52 Å². The van der Waals surface area contributed by atoms with Crippen LogP contribution < -0.4 is 0 Å². The molecule has 0 saturated carbocycles. The number of aromatic nitrogens is 4. The minimum atomic E-state index is 0.0115. The molecule has 1 aliphatic heterocycles. The molecular weight excluding hydrogens is 384 g/mol. The zero-order chi connectivity index (χ0) is 20.0. The van der Waals surface area contributed by atoms with Gasteiger partial charge in [-0.15, -0.1) is 5.10 Å². The summed E-state index contributed by atoms with van der Waals surface area (Å²) in [5, 5.41) is 13.1. The van der Waals surface area contributed by atoms with Crippen LogP contribution in [0.1, 0.15) is 22.2 Å². The second kappa shape index (κ2) is 7.13. The van der Waals surface area contributed by atoms with Gasteiger partial charge in [0, 0.05) is 44.6 Å². The number of piperazine rings is 1. The first-order chi connectivity index (χ1) is 14.1. The molecule has 1 atom stereocenters. The molecule has 0 spiro atoms. The smallest absolute Gasteiger partial charge is 0.270 e. The van der Waals surface area contributed by atoms with Gasteiger partial charge in [-0.1, -0.05) is 11.3 Å². The summed E-state index contributed by atoms with van der Waals surface area (Å²) in [6.07, 6.45) is 3.92. The maximum absolute atomic E-state index is 13.0. The molecule has 5 rings (SSSR count). The van der Waals surface area contributed by atoms with Crippen LogP contribution in [0.3, 0.4) is 0 Å². The molecule has 148 valence electrons. The Morgan fingerprint density at radius 1 is 1.14 bits per heavy atom. The number of nitrogens with zero attached hydrogens (tertiary/aromatic N) is 6. The van der Waals surface area contributed by atoms with E-state index in [2.05, 4.69) is 51.2 Å². The Bertz CT molecular complexity index is 1160. The van der Waals surface area contributed by atoms with E-state index in [1.165, 1.54) is 5.56 Å². The monoisotopic (exact) mass is 406 g/mol. The molecule has 0 aromatic carbocycles. The van der Waals surface area contributed by atoms with Crippen molar-refractivity contribution in [1.29, 1.82) is 0 Å². The molecule has 0 unspecified atom stereocenters. The zero-order valence-electron chi connectivity index (χ0n) is 16.4. The van der Waals surface area contributed by atoms with Crippen molar-refractivity contribution in [2.24, 2.45) is 7.05 Å². The van der Waals surface area contributed by atoms with Gasteiger partial charge in [-0.05, 0) is 47.6 Å². The van der Waals surface area contributed by atoms with Crippen molar-refractivity contribution in [3.63, 3.8) is 0 Å². The van der Waals surface area contributed by atoms with Crippen LogP contribution in [0, 0.1) is 0 Å². The minimum absolute atomic E-state index is 0.0115. The van der Waals surface area contributed by atoms with Gasteiger partial charge in [-0.2, -0.15) is 11.3 Å². The van der Waals surface area contributed by atoms with Crippen LogP contribution in [0.2, 0.25) is 0 Å². The Labute approximate surface area is 172 Å². The van der Waals surface area contributed by atoms with Crippen LogP contribution in [-0.4, -0.2) is 61.8 Å². The third-order valence-corrected chi connectivity index (χ3v) is 6.39. The van der Waals surface area contributed by atoms with Crippen molar-refractivity contribution in [1.82, 2.24) is 29.2 Å². The highest BCUT2D eigenvalue weighted by Crippen LogP contribution is 2.29. The zero-order valence-corrected chi connectivity index (χ0v) is 17.2. The summed E-state index contributed by atoms with van der Waals surface area (Å²) in [4.78, 5) is 17.2. The number of hydrogen-bond acceptors (Lipinski definition) is 5. The first kappa shape index (κ1) is 18.1. The molecule has 29 heavy (non-hydrogen) atoms. The summed E-state index contributed by atoms with van der Waals surface area (Å²) < 4.78 is 3.71. The number of rotatable bonds is 3. The fourth-order valence-corrected chi connectivity index (χ4v) is 4.61. The Morgan fingerprint density at radius 3 is 2.79 bits per heavy atom. The summed E-state index contributed by atoms with van der Waals surface area (Å²) >= 11 is 1.68. The number of carbonyl (C=O) groups excluding carboxylic acids is 1. The first-order valence-corrected chi connectivity index (χ1v) is 10.5. The summed E-state index contributed by atoms with van der Waals surface area (Å²) in [5.74, 6) is 0.0619. The maximum Gasteiger partial charge on any atom is 0.270 e. The van der Waals surface area contributed by atoms with E-state index in [0.717, 1.165) is 23.3 Å². The van der Waals surface area contributed by atoms with E-state index in [0.29, 0.717) is 18.8 Å². The average molecular weight is 407 g/mol. The SMILES string of the molecule is CN1CCN(C(=O)c2cccn2C)C[C@H]1c1nnn2cc(-c3ccsc3)ccc12. The minimum Gasteiger partial charge on any atom is -0.347 e. The molecule has 1 amide bonds. The summed E-state index contributed by atoms with van der Waals surface area (Å²) in [6, 6.07) is 10.1. The lowest BCUT2D eigenvalue weighted by Crippen LogP contribution is -2.49. The third-order valence-electron chi connectivity index (χ3n) is 5.71. The van der Waals surface area contributed by atoms with E-state index in [1.54, 1.807) is 11.3 Å². The molecule has 5 heterocycles. The summed E-state index contributed by atoms with van der Waals surface area (Å²) in [7, 11) is 3.98. The van der Waals surface area contributed by atoms with Gasteiger partial charge >= 0.3 is 0 Å². The Hall–Kier alpha value is -2.97. The molecule has 7 nitrogen and oxygen atoms in total. The largest absolute Gasteiger partial charge is 0.347 e. The molecule has 4 aromatic heterocycles. The van der Waals surface area contributed by atoms with E-state index in [-0.39, 0.29) is 11.9 Å². The summed E-state index contributed by atoms with van der Waals surface area (Å²) in [5.41, 5.74) is 4.90. The van der Waals surface area contributed by atoms with Gasteiger partial charge in [0.1, 0.15) is 11.4 Å². The van der Waals surface area contributed by atoms with Crippen LogP contribution in [-0.2, 0) is 7.05 Å². The number of likely N-dealkylation sites (N-methyl/N-ethyl adjacent to an activating group) is 1. The molecule has 0 aliphatic carbocycles. The normalized spacial score (nSPS) is 17.9. The second-order valence-electron chi connectivity index (χ2n) is 7.49. The highest BCUT2D eigenvalue weighted by atomic mass is 32.1. The van der Waals surface area contributed by atoms with Crippen molar-refractivity contribution in [3.8, 4) is 11.1 Å². The molecular formula is C21H22N6OS. The first-order valence-electron chi connectivity index (χ1n) is 9.60. The lowest BCUT2D eigenvalue weighted by Gasteiger charge is -2.38. The van der Waals surface area contributed by atoms with Gasteiger partial charge in [0.2, 0.25) is 0 Å². The molecule has 8 heteroatoms. The van der Waals surface area contributed by atoms with Crippen molar-refractivity contribution < 1.29 is 4.79 Å². The van der Waals surface area contributed by atoms with E-state index >= 15 is 0 Å². The van der Waals surface area contributed by atoms with Crippen LogP contribution >= 0.6 is 11.3 Å². The van der Waals surface area contributed by atoms with Crippen LogP contribution in [0.15, 0.2) is 53.5 Å². The van der Waals surface area contributed by atoms with Crippen molar-refractivity contribution in [3.05, 3.63) is 64.9 Å². The molecule has 1 aliphatic rings. The Kier molecular flexibility index (Phi) is 4.44. The molecule has 0 bridgehead atoms. The number of carbonyl (C=O) groups is 1. The molecule has 4 aromatic rings. The van der Waals surface area contributed by atoms with Crippen LogP contribution in [0.4, 0.5) is 0 Å². The van der Waals surface area contributed by atoms with Gasteiger partial charge in [-0.3, -0.25) is 9.69 Å². The standard InChI is InChI=1S/C21H22N6OS/c1-24-8-3-4-18(24)21(28)26-10-9-25(2)19(13-26)20-17-6-5-15(12-27(17)23-22-20)16-7-11-29-14-16/h3-8,11-12,14,19H,9-10,13H2,1-2H3/t19-/m0/s1. The predicted molar refractivity (Wildman–Crippen MR) is 113 cm³/mol. The molecule has 1 fully saturated rings. The van der Waals surface area contributed by atoms with Gasteiger partial charge in [0.05, 0.1) is 11.6 Å². The van der Waals surface area contributed by atoms with Crippen molar-refractivity contribution in [2.45, 2.75) is 6.04 Å². The number of aryl methyl sites for hydroxylation is 1. The van der Waals surface area contributed by atoms with Gasteiger partial charge in [0.15, 0.2) is 0 Å². The van der Waals surface area contributed by atoms with E-state index in [4.69, 9.17) is 0 Å². The molecule has 0 radical (unpaired) electrons. The van der Waals surface area contributed by atoms with E-state index < -0.39 is 0 Å². The van der Waals surface area contributed by atoms with E-state index in [9.17, 15) is 4.79 Å². The van der Waals surface area contributed by atoms with E-state index in [1.807, 2.05) is 45.6 Å². The number of hydrogen-bond donors (Lipinski definition) is 0. The number of pyridine rings is 1. The van der Waals surface area contributed by atoms with Gasteiger partial charge < -0.3 is 9.47 Å². The maximum atomic E-state index is 13.0. The number of fused-ring (bicyclic) bond motifs is 1. The topological polar surface area (TPSA) is 58.7 Å². The lowest BCUT2D eigenvalue weighted by molar-refractivity contribution is 0.0533. The third kappa shape index (κ3) is 3.14. The average Bonchev–Trinajstić information content (AvgIpc) is 3.48. The number of amides is 1. The summed E-state index contributed by atoms with van der Waals surface area (Å²) in [6.45, 7) is 2.10. The molecule has 0 N–H and O–H groups in total. The van der Waals surface area contributed by atoms with Crippen LogP contribution in [0.25, 0.3) is 16.6 Å². The highest BCUT2D eigenvalue weighted by Gasteiger charge is 2.32.